The quantitative estimate of drug-likeness (QED) is 0.417. The molecule has 0 bridgehead atoms. The molecule has 0 spiro atoms. The van der Waals surface area contributed by atoms with Gasteiger partial charge in [0.15, 0.2) is 11.8 Å². The summed E-state index contributed by atoms with van der Waals surface area (Å²) in [6.07, 6.45) is 0. The first-order chi connectivity index (χ1) is 8.26. The standard InChI is InChI=1S/C10H19N5O2/c1-4-16-6-5-12-10(11-3)13-7-9-14-8(2)17-15-9/h4-7H2,1-3H3,(H2,11,12,13). The number of aliphatic imine (C=N–C) groups is 1. The van der Waals surface area contributed by atoms with E-state index in [2.05, 4.69) is 25.8 Å². The lowest BCUT2D eigenvalue weighted by Crippen LogP contribution is -2.38. The Balaban J connectivity index is 2.23. The van der Waals surface area contributed by atoms with Crippen LogP contribution in [0.4, 0.5) is 0 Å². The maximum atomic E-state index is 5.21. The zero-order valence-electron chi connectivity index (χ0n) is 10.5. The van der Waals surface area contributed by atoms with Crippen molar-refractivity contribution >= 4 is 5.96 Å². The van der Waals surface area contributed by atoms with Crippen molar-refractivity contribution in [2.75, 3.05) is 26.8 Å². The molecule has 7 nitrogen and oxygen atoms in total. The molecule has 2 N–H and O–H groups in total. The Bertz CT molecular complexity index is 350. The van der Waals surface area contributed by atoms with Gasteiger partial charge in [0, 0.05) is 27.1 Å². The van der Waals surface area contributed by atoms with E-state index in [4.69, 9.17) is 9.26 Å². The highest BCUT2D eigenvalue weighted by Crippen LogP contribution is 1.93. The fourth-order valence-corrected chi connectivity index (χ4v) is 1.18. The lowest BCUT2D eigenvalue weighted by Gasteiger charge is -2.10. The molecule has 17 heavy (non-hydrogen) atoms. The van der Waals surface area contributed by atoms with Crippen LogP contribution in [-0.2, 0) is 11.3 Å². The number of nitrogens with zero attached hydrogens (tertiary/aromatic N) is 3. The minimum absolute atomic E-state index is 0.478. The second kappa shape index (κ2) is 7.61. The number of hydrogen-bond donors (Lipinski definition) is 2. The number of rotatable bonds is 6. The summed E-state index contributed by atoms with van der Waals surface area (Å²) >= 11 is 0. The van der Waals surface area contributed by atoms with Gasteiger partial charge in [0.25, 0.3) is 0 Å². The van der Waals surface area contributed by atoms with Gasteiger partial charge in [-0.3, -0.25) is 4.99 Å². The van der Waals surface area contributed by atoms with Crippen molar-refractivity contribution < 1.29 is 9.26 Å². The van der Waals surface area contributed by atoms with Crippen LogP contribution in [0.2, 0.25) is 0 Å². The number of ether oxygens (including phenoxy) is 1. The predicted molar refractivity (Wildman–Crippen MR) is 63.7 cm³/mol. The summed E-state index contributed by atoms with van der Waals surface area (Å²) < 4.78 is 10.1. The number of nitrogens with one attached hydrogen (secondary N) is 2. The van der Waals surface area contributed by atoms with Crippen LogP contribution in [0, 0.1) is 6.92 Å². The topological polar surface area (TPSA) is 84.6 Å². The van der Waals surface area contributed by atoms with Crippen LogP contribution in [0.15, 0.2) is 9.52 Å². The molecule has 96 valence electrons. The highest BCUT2D eigenvalue weighted by Gasteiger charge is 2.03. The highest BCUT2D eigenvalue weighted by atomic mass is 16.5. The molecule has 0 aliphatic heterocycles. The average Bonchev–Trinajstić information content (AvgIpc) is 2.74. The molecule has 0 aromatic carbocycles. The molecule has 0 radical (unpaired) electrons. The summed E-state index contributed by atoms with van der Waals surface area (Å²) in [6, 6.07) is 0. The third-order valence-corrected chi connectivity index (χ3v) is 1.95. The van der Waals surface area contributed by atoms with Crippen molar-refractivity contribution in [3.8, 4) is 0 Å². The van der Waals surface area contributed by atoms with Crippen LogP contribution in [0.5, 0.6) is 0 Å². The maximum Gasteiger partial charge on any atom is 0.223 e. The summed E-state index contributed by atoms with van der Waals surface area (Å²) in [6.45, 7) is 6.27. The normalized spacial score (nSPS) is 11.6. The third-order valence-electron chi connectivity index (χ3n) is 1.95. The Morgan fingerprint density at radius 1 is 1.47 bits per heavy atom. The Morgan fingerprint density at radius 3 is 2.88 bits per heavy atom. The van der Waals surface area contributed by atoms with Crippen molar-refractivity contribution in [2.24, 2.45) is 4.99 Å². The molecule has 1 heterocycles. The Labute approximate surface area is 101 Å². The highest BCUT2D eigenvalue weighted by molar-refractivity contribution is 5.79. The Morgan fingerprint density at radius 2 is 2.29 bits per heavy atom. The largest absolute Gasteiger partial charge is 0.380 e. The van der Waals surface area contributed by atoms with Crippen molar-refractivity contribution in [1.82, 2.24) is 20.8 Å². The molecule has 1 aromatic rings. The number of hydrogen-bond acceptors (Lipinski definition) is 5. The van der Waals surface area contributed by atoms with Crippen molar-refractivity contribution in [3.63, 3.8) is 0 Å². The summed E-state index contributed by atoms with van der Waals surface area (Å²) in [5.74, 6) is 1.85. The van der Waals surface area contributed by atoms with E-state index in [1.807, 2.05) is 6.92 Å². The first kappa shape index (κ1) is 13.4. The molecule has 0 aliphatic rings. The van der Waals surface area contributed by atoms with Crippen molar-refractivity contribution in [2.45, 2.75) is 20.4 Å². The second-order valence-electron chi connectivity index (χ2n) is 3.28. The molecule has 0 aliphatic carbocycles. The SMILES string of the molecule is CCOCCNC(=NC)NCc1noc(C)n1. The minimum atomic E-state index is 0.478. The third kappa shape index (κ3) is 5.30. The van der Waals surface area contributed by atoms with Crippen LogP contribution in [0.25, 0.3) is 0 Å². The van der Waals surface area contributed by atoms with E-state index in [9.17, 15) is 0 Å². The number of aryl methyl sites for hydroxylation is 1. The molecule has 1 aromatic heterocycles. The van der Waals surface area contributed by atoms with Crippen LogP contribution in [0.3, 0.4) is 0 Å². The first-order valence-electron chi connectivity index (χ1n) is 5.57. The van der Waals surface area contributed by atoms with E-state index in [1.54, 1.807) is 14.0 Å². The molecule has 1 rings (SSSR count). The summed E-state index contributed by atoms with van der Waals surface area (Å²) in [7, 11) is 1.71. The fourth-order valence-electron chi connectivity index (χ4n) is 1.18. The van der Waals surface area contributed by atoms with E-state index >= 15 is 0 Å². The lowest BCUT2D eigenvalue weighted by molar-refractivity contribution is 0.152. The summed E-state index contributed by atoms with van der Waals surface area (Å²) in [5.41, 5.74) is 0. The number of guanidine groups is 1. The summed E-state index contributed by atoms with van der Waals surface area (Å²) in [4.78, 5) is 8.14. The van der Waals surface area contributed by atoms with Gasteiger partial charge in [-0.25, -0.2) is 0 Å². The van der Waals surface area contributed by atoms with Gasteiger partial charge < -0.3 is 19.9 Å². The van der Waals surface area contributed by atoms with Gasteiger partial charge in [0.1, 0.15) is 0 Å². The molecular weight excluding hydrogens is 222 g/mol. The molecule has 0 saturated heterocycles. The van der Waals surface area contributed by atoms with Gasteiger partial charge >= 0.3 is 0 Å². The van der Waals surface area contributed by atoms with Gasteiger partial charge in [0.05, 0.1) is 13.2 Å². The zero-order valence-corrected chi connectivity index (χ0v) is 10.5. The van der Waals surface area contributed by atoms with Crippen molar-refractivity contribution in [1.29, 1.82) is 0 Å². The predicted octanol–water partition coefficient (Wildman–Crippen LogP) is 0.0795. The minimum Gasteiger partial charge on any atom is -0.380 e. The van der Waals surface area contributed by atoms with Gasteiger partial charge in [0.2, 0.25) is 5.89 Å². The summed E-state index contributed by atoms with van der Waals surface area (Å²) in [5, 5.41) is 9.96. The Hall–Kier alpha value is -1.63. The van der Waals surface area contributed by atoms with Crippen LogP contribution in [-0.4, -0.2) is 42.9 Å². The first-order valence-corrected chi connectivity index (χ1v) is 5.57. The lowest BCUT2D eigenvalue weighted by atomic mass is 10.6. The van der Waals surface area contributed by atoms with E-state index in [-0.39, 0.29) is 0 Å². The van der Waals surface area contributed by atoms with Gasteiger partial charge in [-0.05, 0) is 6.92 Å². The number of aromatic nitrogens is 2. The fraction of sp³-hybridized carbons (Fsp3) is 0.700. The van der Waals surface area contributed by atoms with E-state index < -0.39 is 0 Å². The Kier molecular flexibility index (Phi) is 6.02. The van der Waals surface area contributed by atoms with Gasteiger partial charge in [-0.1, -0.05) is 5.16 Å². The van der Waals surface area contributed by atoms with Gasteiger partial charge in [-0.2, -0.15) is 4.98 Å². The molecular formula is C10H19N5O2. The smallest absolute Gasteiger partial charge is 0.223 e. The van der Waals surface area contributed by atoms with E-state index in [0.29, 0.717) is 37.4 Å². The second-order valence-corrected chi connectivity index (χ2v) is 3.28. The van der Waals surface area contributed by atoms with Crippen molar-refractivity contribution in [3.05, 3.63) is 11.7 Å². The van der Waals surface area contributed by atoms with Crippen LogP contribution >= 0.6 is 0 Å². The molecule has 0 saturated carbocycles. The van der Waals surface area contributed by atoms with Crippen LogP contribution < -0.4 is 10.6 Å². The van der Waals surface area contributed by atoms with E-state index in [0.717, 1.165) is 6.61 Å². The molecule has 0 unspecified atom stereocenters. The molecule has 7 heteroatoms. The zero-order chi connectivity index (χ0) is 12.5. The average molecular weight is 241 g/mol. The van der Waals surface area contributed by atoms with E-state index in [1.165, 1.54) is 0 Å². The molecule has 0 fully saturated rings. The maximum absolute atomic E-state index is 5.21. The van der Waals surface area contributed by atoms with Gasteiger partial charge in [-0.15, -0.1) is 0 Å². The molecule has 0 atom stereocenters. The van der Waals surface area contributed by atoms with Crippen LogP contribution in [0.1, 0.15) is 18.6 Å². The molecule has 0 amide bonds. The monoisotopic (exact) mass is 241 g/mol.